The van der Waals surface area contributed by atoms with E-state index in [9.17, 15) is 0 Å². The lowest BCUT2D eigenvalue weighted by atomic mass is 9.63. The van der Waals surface area contributed by atoms with E-state index in [2.05, 4.69) is 12.2 Å². The lowest BCUT2D eigenvalue weighted by Gasteiger charge is -2.56. The summed E-state index contributed by atoms with van der Waals surface area (Å²) >= 11 is 0. The summed E-state index contributed by atoms with van der Waals surface area (Å²) in [4.78, 5) is 0. The predicted octanol–water partition coefficient (Wildman–Crippen LogP) is 1.90. The van der Waals surface area contributed by atoms with Crippen LogP contribution >= 0.6 is 0 Å². The van der Waals surface area contributed by atoms with Crippen molar-refractivity contribution in [2.24, 2.45) is 11.8 Å². The molecule has 2 nitrogen and oxygen atoms in total. The molecule has 4 bridgehead atoms. The molecule has 4 aliphatic rings. The molecule has 74 valence electrons. The zero-order valence-corrected chi connectivity index (χ0v) is 8.38. The number of hydrogen-bond acceptors (Lipinski definition) is 2. The fourth-order valence-corrected chi connectivity index (χ4v) is 3.96. The van der Waals surface area contributed by atoms with Crippen molar-refractivity contribution in [1.29, 1.82) is 0 Å². The van der Waals surface area contributed by atoms with Crippen molar-refractivity contribution >= 4 is 0 Å². The van der Waals surface area contributed by atoms with Gasteiger partial charge in [-0.1, -0.05) is 0 Å². The molecule has 2 heteroatoms. The van der Waals surface area contributed by atoms with Gasteiger partial charge in [0.25, 0.3) is 0 Å². The maximum atomic E-state index is 5.93. The first-order valence-corrected chi connectivity index (χ1v) is 5.71. The number of ether oxygens (including phenoxy) is 1. The van der Waals surface area contributed by atoms with Crippen molar-refractivity contribution in [3.05, 3.63) is 0 Å². The molecule has 2 aliphatic carbocycles. The Kier molecular flexibility index (Phi) is 1.72. The van der Waals surface area contributed by atoms with E-state index >= 15 is 0 Å². The molecule has 0 aromatic carbocycles. The van der Waals surface area contributed by atoms with E-state index < -0.39 is 0 Å². The van der Waals surface area contributed by atoms with Gasteiger partial charge in [-0.15, -0.1) is 0 Å². The van der Waals surface area contributed by atoms with E-state index in [0.717, 1.165) is 24.5 Å². The highest BCUT2D eigenvalue weighted by atomic mass is 16.5. The first-order chi connectivity index (χ1) is 6.30. The number of piperidine rings is 2. The summed E-state index contributed by atoms with van der Waals surface area (Å²) in [5, 5.41) is 3.71. The Balaban J connectivity index is 1.83. The Bertz CT molecular complexity index is 179. The van der Waals surface area contributed by atoms with Gasteiger partial charge in [0, 0.05) is 12.6 Å². The Morgan fingerprint density at radius 1 is 1.23 bits per heavy atom. The quantitative estimate of drug-likeness (QED) is 0.702. The van der Waals surface area contributed by atoms with Gasteiger partial charge in [0.1, 0.15) is 5.72 Å². The lowest BCUT2D eigenvalue weighted by Crippen LogP contribution is -2.65. The van der Waals surface area contributed by atoms with Crippen LogP contribution in [0.4, 0.5) is 0 Å². The molecule has 4 fully saturated rings. The van der Waals surface area contributed by atoms with E-state index in [4.69, 9.17) is 4.74 Å². The molecule has 0 radical (unpaired) electrons. The average molecular weight is 181 g/mol. The molecule has 2 heterocycles. The van der Waals surface area contributed by atoms with Crippen LogP contribution in [0.3, 0.4) is 0 Å². The maximum absolute atomic E-state index is 5.93. The van der Waals surface area contributed by atoms with Crippen LogP contribution in [0.2, 0.25) is 0 Å². The standard InChI is InChI=1S/C11H19NO/c1-2-13-11-6-8-3-9(7-11)5-10(4-8)12-11/h8-10,12H,2-7H2,1H3. The summed E-state index contributed by atoms with van der Waals surface area (Å²) in [6, 6.07) is 0.776. The molecular formula is C11H19NO. The van der Waals surface area contributed by atoms with E-state index in [1.54, 1.807) is 0 Å². The Morgan fingerprint density at radius 3 is 2.46 bits per heavy atom. The average Bonchev–Trinajstić information content (AvgIpc) is 2.00. The zero-order chi connectivity index (χ0) is 8.89. The second-order valence-corrected chi connectivity index (χ2v) is 5.12. The smallest absolute Gasteiger partial charge is 0.119 e. The molecule has 0 amide bonds. The molecule has 2 unspecified atom stereocenters. The summed E-state index contributed by atoms with van der Waals surface area (Å²) in [6.45, 7) is 2.97. The molecule has 13 heavy (non-hydrogen) atoms. The van der Waals surface area contributed by atoms with Crippen LogP contribution in [-0.4, -0.2) is 18.4 Å². The van der Waals surface area contributed by atoms with Gasteiger partial charge >= 0.3 is 0 Å². The molecule has 2 aliphatic heterocycles. The molecular weight excluding hydrogens is 162 g/mol. The van der Waals surface area contributed by atoms with E-state index in [1.807, 2.05) is 0 Å². The largest absolute Gasteiger partial charge is 0.361 e. The molecule has 0 aromatic heterocycles. The van der Waals surface area contributed by atoms with Gasteiger partial charge in [-0.3, -0.25) is 5.32 Å². The third-order valence-electron chi connectivity index (χ3n) is 4.03. The third kappa shape index (κ3) is 1.23. The normalized spacial score (nSPS) is 52.8. The van der Waals surface area contributed by atoms with Crippen LogP contribution in [0.5, 0.6) is 0 Å². The fraction of sp³-hybridized carbons (Fsp3) is 1.00. The van der Waals surface area contributed by atoms with Crippen molar-refractivity contribution < 1.29 is 4.74 Å². The van der Waals surface area contributed by atoms with Crippen molar-refractivity contribution in [1.82, 2.24) is 5.32 Å². The number of hydrogen-bond donors (Lipinski definition) is 1. The predicted molar refractivity (Wildman–Crippen MR) is 51.3 cm³/mol. The molecule has 4 rings (SSSR count). The zero-order valence-electron chi connectivity index (χ0n) is 8.38. The van der Waals surface area contributed by atoms with Crippen molar-refractivity contribution in [2.75, 3.05) is 6.61 Å². The molecule has 0 spiro atoms. The van der Waals surface area contributed by atoms with Crippen molar-refractivity contribution in [2.45, 2.75) is 50.8 Å². The lowest BCUT2D eigenvalue weighted by molar-refractivity contribution is -0.168. The minimum absolute atomic E-state index is 0.101. The number of nitrogens with one attached hydrogen (secondary N) is 1. The van der Waals surface area contributed by atoms with Crippen LogP contribution in [0.25, 0.3) is 0 Å². The second kappa shape index (κ2) is 2.71. The summed E-state index contributed by atoms with van der Waals surface area (Å²) in [5.41, 5.74) is 0.101. The molecule has 2 saturated heterocycles. The van der Waals surface area contributed by atoms with Gasteiger partial charge < -0.3 is 4.74 Å². The minimum Gasteiger partial charge on any atom is -0.361 e. The molecule has 2 atom stereocenters. The van der Waals surface area contributed by atoms with Crippen LogP contribution in [0.1, 0.15) is 39.0 Å². The SMILES string of the molecule is CCOC12CC3CC(CC(C3)N1)C2. The van der Waals surface area contributed by atoms with Gasteiger partial charge in [0.05, 0.1) is 0 Å². The summed E-state index contributed by atoms with van der Waals surface area (Å²) in [7, 11) is 0. The van der Waals surface area contributed by atoms with Crippen LogP contribution in [0, 0.1) is 11.8 Å². The third-order valence-corrected chi connectivity index (χ3v) is 4.03. The van der Waals surface area contributed by atoms with Gasteiger partial charge in [0.15, 0.2) is 0 Å². The van der Waals surface area contributed by atoms with Gasteiger partial charge in [-0.25, -0.2) is 0 Å². The second-order valence-electron chi connectivity index (χ2n) is 5.12. The minimum atomic E-state index is 0.101. The van der Waals surface area contributed by atoms with E-state index in [-0.39, 0.29) is 5.72 Å². The first-order valence-electron chi connectivity index (χ1n) is 5.71. The fourth-order valence-electron chi connectivity index (χ4n) is 3.96. The van der Waals surface area contributed by atoms with Crippen LogP contribution < -0.4 is 5.32 Å². The molecule has 0 aromatic rings. The molecule has 2 saturated carbocycles. The topological polar surface area (TPSA) is 21.3 Å². The molecule has 1 N–H and O–H groups in total. The Hall–Kier alpha value is -0.0800. The summed E-state index contributed by atoms with van der Waals surface area (Å²) < 4.78 is 5.93. The van der Waals surface area contributed by atoms with Crippen molar-refractivity contribution in [3.8, 4) is 0 Å². The monoisotopic (exact) mass is 181 g/mol. The van der Waals surface area contributed by atoms with E-state index in [0.29, 0.717) is 0 Å². The van der Waals surface area contributed by atoms with Gasteiger partial charge in [-0.05, 0) is 50.9 Å². The van der Waals surface area contributed by atoms with Gasteiger partial charge in [0.2, 0.25) is 0 Å². The van der Waals surface area contributed by atoms with Crippen LogP contribution in [0.15, 0.2) is 0 Å². The summed E-state index contributed by atoms with van der Waals surface area (Å²) in [5.74, 6) is 1.93. The van der Waals surface area contributed by atoms with Crippen LogP contribution in [-0.2, 0) is 4.74 Å². The first kappa shape index (κ1) is 8.25. The Labute approximate surface area is 80.0 Å². The summed E-state index contributed by atoms with van der Waals surface area (Å²) in [6.07, 6.45) is 6.84. The Morgan fingerprint density at radius 2 is 1.92 bits per heavy atom. The van der Waals surface area contributed by atoms with Gasteiger partial charge in [-0.2, -0.15) is 0 Å². The number of rotatable bonds is 2. The highest BCUT2D eigenvalue weighted by Crippen LogP contribution is 2.49. The highest BCUT2D eigenvalue weighted by molar-refractivity contribution is 5.03. The maximum Gasteiger partial charge on any atom is 0.119 e. The van der Waals surface area contributed by atoms with Crippen molar-refractivity contribution in [3.63, 3.8) is 0 Å². The van der Waals surface area contributed by atoms with E-state index in [1.165, 1.54) is 32.1 Å². The highest BCUT2D eigenvalue weighted by Gasteiger charge is 2.51.